The predicted octanol–water partition coefficient (Wildman–Crippen LogP) is 2.25. The van der Waals surface area contributed by atoms with Crippen molar-refractivity contribution >= 4 is 6.29 Å². The number of carbonyl (C=O) groups is 1. The molecule has 1 atom stereocenters. The van der Waals surface area contributed by atoms with Crippen molar-refractivity contribution in [2.45, 2.75) is 31.2 Å². The van der Waals surface area contributed by atoms with Gasteiger partial charge in [0, 0.05) is 26.2 Å². The van der Waals surface area contributed by atoms with Gasteiger partial charge in [-0.1, -0.05) is 30.3 Å². The van der Waals surface area contributed by atoms with Crippen LogP contribution < -0.4 is 0 Å². The van der Waals surface area contributed by atoms with Crippen LogP contribution >= 0.6 is 0 Å². The van der Waals surface area contributed by atoms with E-state index in [4.69, 9.17) is 4.74 Å². The topological polar surface area (TPSA) is 29.5 Å². The van der Waals surface area contributed by atoms with Crippen molar-refractivity contribution < 1.29 is 9.53 Å². The zero-order valence-corrected chi connectivity index (χ0v) is 11.8. The summed E-state index contributed by atoms with van der Waals surface area (Å²) in [5.41, 5.74) is 0.658. The van der Waals surface area contributed by atoms with Crippen LogP contribution in [0.4, 0.5) is 0 Å². The van der Waals surface area contributed by atoms with Gasteiger partial charge in [-0.15, -0.1) is 0 Å². The second kappa shape index (κ2) is 6.31. The fraction of sp³-hybridized carbons (Fsp3) is 0.562. The molecule has 3 heteroatoms. The third-order valence-electron chi connectivity index (χ3n) is 3.87. The maximum absolute atomic E-state index is 11.6. The van der Waals surface area contributed by atoms with Gasteiger partial charge in [-0.2, -0.15) is 0 Å². The molecular weight excluding hydrogens is 238 g/mol. The Morgan fingerprint density at radius 1 is 1.37 bits per heavy atom. The fourth-order valence-corrected chi connectivity index (χ4v) is 2.48. The van der Waals surface area contributed by atoms with Gasteiger partial charge in [-0.05, 0) is 25.3 Å². The first-order valence-corrected chi connectivity index (χ1v) is 6.94. The van der Waals surface area contributed by atoms with Crippen LogP contribution in [0, 0.1) is 0 Å². The summed E-state index contributed by atoms with van der Waals surface area (Å²) in [7, 11) is 1.72. The maximum Gasteiger partial charge on any atom is 0.131 e. The number of methoxy groups -OCH3 is 1. The quantitative estimate of drug-likeness (QED) is 0.672. The number of nitrogens with zero attached hydrogens (tertiary/aromatic N) is 1. The second-order valence-electron chi connectivity index (χ2n) is 5.60. The molecule has 0 amide bonds. The normalized spacial score (nSPS) is 18.3. The number of ether oxygens (including phenoxy) is 1. The SMILES string of the molecule is COCCN(CC(C)(C=O)c1ccccc1)C1CC1. The minimum atomic E-state index is -0.433. The van der Waals surface area contributed by atoms with Crippen LogP contribution in [0.3, 0.4) is 0 Å². The molecule has 19 heavy (non-hydrogen) atoms. The molecule has 0 spiro atoms. The molecule has 0 radical (unpaired) electrons. The van der Waals surface area contributed by atoms with Gasteiger partial charge in [-0.3, -0.25) is 4.90 Å². The van der Waals surface area contributed by atoms with Crippen LogP contribution in [0.5, 0.6) is 0 Å². The molecule has 3 nitrogen and oxygen atoms in total. The summed E-state index contributed by atoms with van der Waals surface area (Å²) in [4.78, 5) is 14.0. The molecule has 0 saturated heterocycles. The molecule has 0 N–H and O–H groups in total. The molecular formula is C16H23NO2. The summed E-state index contributed by atoms with van der Waals surface area (Å²) < 4.78 is 5.17. The molecule has 1 fully saturated rings. The van der Waals surface area contributed by atoms with Crippen LogP contribution in [0.2, 0.25) is 0 Å². The Morgan fingerprint density at radius 2 is 2.05 bits per heavy atom. The van der Waals surface area contributed by atoms with E-state index in [0.29, 0.717) is 6.04 Å². The Labute approximate surface area is 115 Å². The number of hydrogen-bond acceptors (Lipinski definition) is 3. The van der Waals surface area contributed by atoms with Gasteiger partial charge in [0.1, 0.15) is 6.29 Å². The van der Waals surface area contributed by atoms with Crippen LogP contribution in [-0.4, -0.2) is 44.0 Å². The van der Waals surface area contributed by atoms with E-state index in [-0.39, 0.29) is 0 Å². The lowest BCUT2D eigenvalue weighted by Gasteiger charge is -2.32. The Hall–Kier alpha value is -1.19. The first-order chi connectivity index (χ1) is 9.19. The molecule has 2 rings (SSSR count). The molecule has 0 aromatic heterocycles. The summed E-state index contributed by atoms with van der Waals surface area (Å²) in [5.74, 6) is 0. The molecule has 1 aromatic rings. The van der Waals surface area contributed by atoms with Crippen molar-refractivity contribution in [3.8, 4) is 0 Å². The number of rotatable bonds is 8. The molecule has 104 valence electrons. The molecule has 1 unspecified atom stereocenters. The summed E-state index contributed by atoms with van der Waals surface area (Å²) in [6.07, 6.45) is 3.57. The van der Waals surface area contributed by atoms with Crippen molar-refractivity contribution in [3.63, 3.8) is 0 Å². The van der Waals surface area contributed by atoms with E-state index in [1.54, 1.807) is 7.11 Å². The minimum Gasteiger partial charge on any atom is -0.383 e. The highest BCUT2D eigenvalue weighted by atomic mass is 16.5. The largest absolute Gasteiger partial charge is 0.383 e. The summed E-state index contributed by atoms with van der Waals surface area (Å²) in [6, 6.07) is 10.7. The van der Waals surface area contributed by atoms with Gasteiger partial charge in [0.25, 0.3) is 0 Å². The average Bonchev–Trinajstić information content (AvgIpc) is 3.29. The summed E-state index contributed by atoms with van der Waals surface area (Å²) in [6.45, 7) is 4.42. The van der Waals surface area contributed by atoms with E-state index >= 15 is 0 Å². The van der Waals surface area contributed by atoms with E-state index in [1.807, 2.05) is 37.3 Å². The van der Waals surface area contributed by atoms with Crippen LogP contribution in [0.15, 0.2) is 30.3 Å². The van der Waals surface area contributed by atoms with Gasteiger partial charge in [0.15, 0.2) is 0 Å². The van der Waals surface area contributed by atoms with E-state index in [0.717, 1.165) is 31.5 Å². The lowest BCUT2D eigenvalue weighted by molar-refractivity contribution is -0.112. The highest BCUT2D eigenvalue weighted by Crippen LogP contribution is 2.31. The highest BCUT2D eigenvalue weighted by molar-refractivity contribution is 5.68. The molecule has 0 heterocycles. The van der Waals surface area contributed by atoms with E-state index in [9.17, 15) is 4.79 Å². The number of hydrogen-bond donors (Lipinski definition) is 0. The Kier molecular flexibility index (Phi) is 4.72. The van der Waals surface area contributed by atoms with Gasteiger partial charge < -0.3 is 9.53 Å². The van der Waals surface area contributed by atoms with Gasteiger partial charge in [0.2, 0.25) is 0 Å². The van der Waals surface area contributed by atoms with Crippen molar-refractivity contribution in [1.29, 1.82) is 0 Å². The van der Waals surface area contributed by atoms with Crippen LogP contribution in [0.1, 0.15) is 25.3 Å². The van der Waals surface area contributed by atoms with Gasteiger partial charge in [0.05, 0.1) is 12.0 Å². The Balaban J connectivity index is 2.09. The van der Waals surface area contributed by atoms with E-state index in [2.05, 4.69) is 4.90 Å². The Bertz CT molecular complexity index is 402. The number of carbonyl (C=O) groups excluding carboxylic acids is 1. The third kappa shape index (κ3) is 3.64. The highest BCUT2D eigenvalue weighted by Gasteiger charge is 2.35. The van der Waals surface area contributed by atoms with E-state index in [1.165, 1.54) is 12.8 Å². The average molecular weight is 261 g/mol. The van der Waals surface area contributed by atoms with Crippen LogP contribution in [0.25, 0.3) is 0 Å². The molecule has 1 aliphatic rings. The van der Waals surface area contributed by atoms with E-state index < -0.39 is 5.41 Å². The summed E-state index contributed by atoms with van der Waals surface area (Å²) >= 11 is 0. The first-order valence-electron chi connectivity index (χ1n) is 6.94. The summed E-state index contributed by atoms with van der Waals surface area (Å²) in [5, 5.41) is 0. The van der Waals surface area contributed by atoms with Gasteiger partial charge in [-0.25, -0.2) is 0 Å². The van der Waals surface area contributed by atoms with Crippen molar-refractivity contribution in [1.82, 2.24) is 4.90 Å². The smallest absolute Gasteiger partial charge is 0.131 e. The maximum atomic E-state index is 11.6. The molecule has 0 aliphatic heterocycles. The van der Waals surface area contributed by atoms with Crippen molar-refractivity contribution in [3.05, 3.63) is 35.9 Å². The lowest BCUT2D eigenvalue weighted by Crippen LogP contribution is -2.42. The molecule has 1 aromatic carbocycles. The number of aldehydes is 1. The van der Waals surface area contributed by atoms with Crippen LogP contribution in [-0.2, 0) is 14.9 Å². The number of benzene rings is 1. The Morgan fingerprint density at radius 3 is 2.58 bits per heavy atom. The minimum absolute atomic E-state index is 0.433. The van der Waals surface area contributed by atoms with Crippen molar-refractivity contribution in [2.24, 2.45) is 0 Å². The first kappa shape index (κ1) is 14.2. The predicted molar refractivity (Wildman–Crippen MR) is 76.3 cm³/mol. The standard InChI is InChI=1S/C16H23NO2/c1-16(13-18,14-6-4-3-5-7-14)12-17(10-11-19-2)15-8-9-15/h3-7,13,15H,8-12H2,1-2H3. The van der Waals surface area contributed by atoms with Crippen molar-refractivity contribution in [2.75, 3.05) is 26.8 Å². The molecule has 1 saturated carbocycles. The zero-order chi connectivity index (χ0) is 13.7. The lowest BCUT2D eigenvalue weighted by atomic mass is 9.83. The molecule has 0 bridgehead atoms. The monoisotopic (exact) mass is 261 g/mol. The molecule has 1 aliphatic carbocycles. The van der Waals surface area contributed by atoms with Gasteiger partial charge >= 0.3 is 0 Å². The zero-order valence-electron chi connectivity index (χ0n) is 11.8. The fourth-order valence-electron chi connectivity index (χ4n) is 2.48. The third-order valence-corrected chi connectivity index (χ3v) is 3.87. The second-order valence-corrected chi connectivity index (χ2v) is 5.60.